The van der Waals surface area contributed by atoms with Crippen LogP contribution >= 0.6 is 0 Å². The second-order valence-electron chi connectivity index (χ2n) is 3.67. The molecule has 0 spiro atoms. The lowest BCUT2D eigenvalue weighted by Gasteiger charge is -2.19. The molecular weight excluding hydrogens is 208 g/mol. The van der Waals surface area contributed by atoms with Crippen LogP contribution in [0.2, 0.25) is 0 Å². The Balaban J connectivity index is 3.41. The number of isocyanates is 2. The fourth-order valence-corrected chi connectivity index (χ4v) is 1.30. The lowest BCUT2D eigenvalue weighted by molar-refractivity contribution is 0.0792. The van der Waals surface area contributed by atoms with Crippen molar-refractivity contribution in [1.29, 1.82) is 0 Å². The molecule has 0 heterocycles. The first-order valence-corrected chi connectivity index (χ1v) is 4.51. The predicted molar refractivity (Wildman–Crippen MR) is 57.2 cm³/mol. The van der Waals surface area contributed by atoms with Crippen LogP contribution in [-0.2, 0) is 15.2 Å². The average Bonchev–Trinajstić information content (AvgIpc) is 2.17. The summed E-state index contributed by atoms with van der Waals surface area (Å²) in [5, 5.41) is 9.82. The summed E-state index contributed by atoms with van der Waals surface area (Å²) in [5.74, 6) is 0. The molecule has 0 bridgehead atoms. The molecule has 16 heavy (non-hydrogen) atoms. The highest BCUT2D eigenvalue weighted by atomic mass is 16.3. The molecule has 0 fully saturated rings. The second-order valence-corrected chi connectivity index (χ2v) is 3.67. The first kappa shape index (κ1) is 12.0. The Bertz CT molecular complexity index is 490. The van der Waals surface area contributed by atoms with Crippen molar-refractivity contribution in [1.82, 2.24) is 0 Å². The molecule has 0 unspecified atom stereocenters. The summed E-state index contributed by atoms with van der Waals surface area (Å²) in [5.41, 5.74) is -0.129. The van der Waals surface area contributed by atoms with Crippen molar-refractivity contribution in [3.8, 4) is 0 Å². The van der Waals surface area contributed by atoms with Gasteiger partial charge >= 0.3 is 0 Å². The van der Waals surface area contributed by atoms with Gasteiger partial charge < -0.3 is 5.11 Å². The molecule has 1 rings (SSSR count). The molecule has 5 nitrogen and oxygen atoms in total. The van der Waals surface area contributed by atoms with Gasteiger partial charge in [-0.2, -0.15) is 9.98 Å². The van der Waals surface area contributed by atoms with Gasteiger partial charge in [-0.3, -0.25) is 0 Å². The van der Waals surface area contributed by atoms with E-state index in [4.69, 9.17) is 0 Å². The van der Waals surface area contributed by atoms with Gasteiger partial charge in [-0.05, 0) is 26.0 Å². The topological polar surface area (TPSA) is 79.1 Å². The molecule has 1 N–H and O–H groups in total. The molecule has 0 amide bonds. The molecule has 1 aromatic carbocycles. The van der Waals surface area contributed by atoms with E-state index in [2.05, 4.69) is 9.98 Å². The molecule has 0 saturated carbocycles. The van der Waals surface area contributed by atoms with E-state index in [1.807, 2.05) is 0 Å². The van der Waals surface area contributed by atoms with Crippen LogP contribution in [0, 0.1) is 0 Å². The van der Waals surface area contributed by atoms with Crippen LogP contribution in [0.4, 0.5) is 11.4 Å². The highest BCUT2D eigenvalue weighted by Gasteiger charge is 2.20. The lowest BCUT2D eigenvalue weighted by atomic mass is 9.96. The Kier molecular flexibility index (Phi) is 3.48. The van der Waals surface area contributed by atoms with Crippen molar-refractivity contribution < 1.29 is 14.7 Å². The summed E-state index contributed by atoms with van der Waals surface area (Å²) in [6.07, 6.45) is 2.77. The lowest BCUT2D eigenvalue weighted by Crippen LogP contribution is -2.15. The smallest absolute Gasteiger partial charge is 0.240 e. The number of aliphatic hydroxyl groups is 1. The van der Waals surface area contributed by atoms with E-state index in [9.17, 15) is 14.7 Å². The van der Waals surface area contributed by atoms with E-state index in [-0.39, 0.29) is 5.69 Å². The maximum absolute atomic E-state index is 10.2. The molecule has 1 aromatic rings. The van der Waals surface area contributed by atoms with Gasteiger partial charge in [0.2, 0.25) is 12.2 Å². The summed E-state index contributed by atoms with van der Waals surface area (Å²) in [6.45, 7) is 3.13. The van der Waals surface area contributed by atoms with Crippen LogP contribution in [-0.4, -0.2) is 17.3 Å². The van der Waals surface area contributed by atoms with Gasteiger partial charge in [-0.25, -0.2) is 9.59 Å². The van der Waals surface area contributed by atoms with Crippen LogP contribution in [0.5, 0.6) is 0 Å². The second kappa shape index (κ2) is 4.64. The van der Waals surface area contributed by atoms with E-state index in [1.54, 1.807) is 19.9 Å². The van der Waals surface area contributed by atoms with Gasteiger partial charge in [0.05, 0.1) is 17.0 Å². The Labute approximate surface area is 92.2 Å². The molecule has 0 atom stereocenters. The van der Waals surface area contributed by atoms with Gasteiger partial charge in [-0.15, -0.1) is 0 Å². The minimum Gasteiger partial charge on any atom is -0.386 e. The van der Waals surface area contributed by atoms with Gasteiger partial charge in [0.25, 0.3) is 0 Å². The zero-order valence-electron chi connectivity index (χ0n) is 8.89. The number of rotatable bonds is 3. The first-order valence-electron chi connectivity index (χ1n) is 4.51. The molecule has 0 aliphatic heterocycles. The van der Waals surface area contributed by atoms with E-state index in [1.165, 1.54) is 24.3 Å². The van der Waals surface area contributed by atoms with Crippen molar-refractivity contribution in [2.24, 2.45) is 9.98 Å². The summed E-state index contributed by atoms with van der Waals surface area (Å²) in [4.78, 5) is 27.2. The average molecular weight is 218 g/mol. The quantitative estimate of drug-likeness (QED) is 0.621. The molecule has 0 aliphatic rings. The van der Waals surface area contributed by atoms with Crippen molar-refractivity contribution in [3.05, 3.63) is 23.8 Å². The molecule has 0 aromatic heterocycles. The number of hydrogen-bond acceptors (Lipinski definition) is 5. The van der Waals surface area contributed by atoms with E-state index < -0.39 is 5.60 Å². The van der Waals surface area contributed by atoms with Crippen LogP contribution in [0.25, 0.3) is 0 Å². The SMILES string of the molecule is CC(C)(O)c1ccc(N=C=O)cc1N=C=O. The van der Waals surface area contributed by atoms with Crippen LogP contribution in [0.1, 0.15) is 19.4 Å². The molecule has 0 saturated heterocycles. The number of carbonyl (C=O) groups excluding carboxylic acids is 2. The van der Waals surface area contributed by atoms with Gasteiger partial charge in [0, 0.05) is 5.56 Å². The van der Waals surface area contributed by atoms with E-state index in [0.717, 1.165) is 0 Å². The summed E-state index contributed by atoms with van der Waals surface area (Å²) >= 11 is 0. The minimum atomic E-state index is -1.14. The molecule has 0 radical (unpaired) electrons. The fraction of sp³-hybridized carbons (Fsp3) is 0.273. The Morgan fingerprint density at radius 3 is 2.31 bits per heavy atom. The largest absolute Gasteiger partial charge is 0.386 e. The summed E-state index contributed by atoms with van der Waals surface area (Å²) in [6, 6.07) is 4.48. The molecule has 5 heteroatoms. The Hall–Kier alpha value is -2.06. The van der Waals surface area contributed by atoms with Crippen LogP contribution in [0.3, 0.4) is 0 Å². The van der Waals surface area contributed by atoms with Gasteiger partial charge in [0.15, 0.2) is 0 Å². The van der Waals surface area contributed by atoms with Crippen molar-refractivity contribution in [2.45, 2.75) is 19.4 Å². The monoisotopic (exact) mass is 218 g/mol. The van der Waals surface area contributed by atoms with Crippen molar-refractivity contribution in [3.63, 3.8) is 0 Å². The zero-order valence-corrected chi connectivity index (χ0v) is 8.89. The number of benzene rings is 1. The standard InChI is InChI=1S/C11H10N2O3/c1-11(2,16)9-4-3-8(12-6-14)5-10(9)13-7-15/h3-5,16H,1-2H3. The predicted octanol–water partition coefficient (Wildman–Crippen LogP) is 1.85. The third kappa shape index (κ3) is 2.72. The van der Waals surface area contributed by atoms with E-state index >= 15 is 0 Å². The highest BCUT2D eigenvalue weighted by molar-refractivity contribution is 5.63. The molecule has 82 valence electrons. The van der Waals surface area contributed by atoms with Crippen LogP contribution < -0.4 is 0 Å². The zero-order chi connectivity index (χ0) is 12.2. The number of nitrogens with zero attached hydrogens (tertiary/aromatic N) is 2. The normalized spacial score (nSPS) is 10.2. The third-order valence-electron chi connectivity index (χ3n) is 1.98. The van der Waals surface area contributed by atoms with Crippen LogP contribution in [0.15, 0.2) is 28.2 Å². The fourth-order valence-electron chi connectivity index (χ4n) is 1.30. The van der Waals surface area contributed by atoms with Gasteiger partial charge in [-0.1, -0.05) is 6.07 Å². The van der Waals surface area contributed by atoms with E-state index in [0.29, 0.717) is 11.3 Å². The third-order valence-corrected chi connectivity index (χ3v) is 1.98. The minimum absolute atomic E-state index is 0.235. The highest BCUT2D eigenvalue weighted by Crippen LogP contribution is 2.32. The Morgan fingerprint density at radius 2 is 1.81 bits per heavy atom. The van der Waals surface area contributed by atoms with Crippen molar-refractivity contribution >= 4 is 23.5 Å². The maximum Gasteiger partial charge on any atom is 0.240 e. The summed E-state index contributed by atoms with van der Waals surface area (Å²) < 4.78 is 0. The molecular formula is C11H10N2O3. The number of aliphatic imine (C=N–C) groups is 2. The maximum atomic E-state index is 10.2. The van der Waals surface area contributed by atoms with Gasteiger partial charge in [0.1, 0.15) is 0 Å². The first-order chi connectivity index (χ1) is 7.49. The molecule has 0 aliphatic carbocycles. The summed E-state index contributed by atoms with van der Waals surface area (Å²) in [7, 11) is 0. The Morgan fingerprint density at radius 1 is 1.19 bits per heavy atom. The number of hydrogen-bond donors (Lipinski definition) is 1. The van der Waals surface area contributed by atoms with Crippen molar-refractivity contribution in [2.75, 3.05) is 0 Å².